The van der Waals surface area contributed by atoms with Crippen LogP contribution in [-0.2, 0) is 6.42 Å². The summed E-state index contributed by atoms with van der Waals surface area (Å²) in [5, 5.41) is 12.1. The maximum absolute atomic E-state index is 10.8. The molecule has 1 aromatic rings. The summed E-state index contributed by atoms with van der Waals surface area (Å²) in [6, 6.07) is 5.49. The molecule has 0 aliphatic heterocycles. The van der Waals surface area contributed by atoms with Crippen molar-refractivity contribution >= 4 is 23.2 Å². The van der Waals surface area contributed by atoms with Crippen LogP contribution in [0.15, 0.2) is 18.2 Å². The Labute approximate surface area is 113 Å². The van der Waals surface area contributed by atoms with Crippen LogP contribution in [0.3, 0.4) is 0 Å². The lowest BCUT2D eigenvalue weighted by Crippen LogP contribution is -2.42. The highest BCUT2D eigenvalue weighted by atomic mass is 35.5. The smallest absolute Gasteiger partial charge is 0.0739 e. The maximum atomic E-state index is 10.8. The van der Waals surface area contributed by atoms with Gasteiger partial charge in [-0.05, 0) is 42.4 Å². The predicted octanol–water partition coefficient (Wildman–Crippen LogP) is 4.48. The van der Waals surface area contributed by atoms with Gasteiger partial charge in [0.05, 0.1) is 5.60 Å². The van der Waals surface area contributed by atoms with E-state index in [0.29, 0.717) is 16.5 Å². The lowest BCUT2D eigenvalue weighted by Gasteiger charge is -2.37. The molecule has 3 heteroatoms. The van der Waals surface area contributed by atoms with E-state index in [1.165, 1.54) is 0 Å². The van der Waals surface area contributed by atoms with E-state index >= 15 is 0 Å². The quantitative estimate of drug-likeness (QED) is 0.842. The summed E-state index contributed by atoms with van der Waals surface area (Å²) in [4.78, 5) is 0. The van der Waals surface area contributed by atoms with Crippen LogP contribution < -0.4 is 0 Å². The van der Waals surface area contributed by atoms with E-state index in [1.54, 1.807) is 0 Å². The molecular formula is C14H18Cl2O. The van der Waals surface area contributed by atoms with Gasteiger partial charge in [-0.1, -0.05) is 43.1 Å². The fraction of sp³-hybridized carbons (Fsp3) is 0.571. The molecule has 0 amide bonds. The average molecular weight is 273 g/mol. The molecule has 0 radical (unpaired) electrons. The normalized spacial score (nSPS) is 27.4. The lowest BCUT2D eigenvalue weighted by atomic mass is 9.74. The summed E-state index contributed by atoms with van der Waals surface area (Å²) in [5.74, 6) is 0. The summed E-state index contributed by atoms with van der Waals surface area (Å²) < 4.78 is 0. The number of benzene rings is 1. The second-order valence-electron chi connectivity index (χ2n) is 5.65. The Hall–Kier alpha value is -0.240. The fourth-order valence-corrected chi connectivity index (χ4v) is 3.25. The Morgan fingerprint density at radius 1 is 1.18 bits per heavy atom. The first-order valence-electron chi connectivity index (χ1n) is 6.01. The first kappa shape index (κ1) is 13.2. The summed E-state index contributed by atoms with van der Waals surface area (Å²) >= 11 is 12.3. The Kier molecular flexibility index (Phi) is 3.46. The fourth-order valence-electron chi connectivity index (χ4n) is 2.72. The van der Waals surface area contributed by atoms with Crippen LogP contribution in [0, 0.1) is 5.41 Å². The summed E-state index contributed by atoms with van der Waals surface area (Å²) in [6.07, 6.45) is 3.47. The van der Waals surface area contributed by atoms with Crippen molar-refractivity contribution in [2.45, 2.75) is 45.1 Å². The zero-order valence-electron chi connectivity index (χ0n) is 10.3. The molecule has 1 aliphatic rings. The maximum Gasteiger partial charge on any atom is 0.0739 e. The molecule has 1 fully saturated rings. The van der Waals surface area contributed by atoms with E-state index in [4.69, 9.17) is 23.2 Å². The van der Waals surface area contributed by atoms with Crippen LogP contribution in [0.2, 0.25) is 10.0 Å². The molecule has 1 unspecified atom stereocenters. The number of hydrogen-bond donors (Lipinski definition) is 1. The minimum atomic E-state index is -0.693. The molecule has 2 rings (SSSR count). The monoisotopic (exact) mass is 272 g/mol. The SMILES string of the molecule is CC1(C)CCCC1(O)Cc1c(Cl)cccc1Cl. The van der Waals surface area contributed by atoms with E-state index in [-0.39, 0.29) is 5.41 Å². The molecule has 17 heavy (non-hydrogen) atoms. The number of rotatable bonds is 2. The molecule has 1 aromatic carbocycles. The van der Waals surface area contributed by atoms with Gasteiger partial charge in [0.2, 0.25) is 0 Å². The Bertz CT molecular complexity index is 408. The van der Waals surface area contributed by atoms with Crippen LogP contribution in [0.4, 0.5) is 0 Å². The standard InChI is InChI=1S/C14H18Cl2O/c1-13(2)7-4-8-14(13,17)9-10-11(15)5-3-6-12(10)16/h3,5-6,17H,4,7-9H2,1-2H3. The van der Waals surface area contributed by atoms with Gasteiger partial charge < -0.3 is 5.11 Å². The topological polar surface area (TPSA) is 20.2 Å². The van der Waals surface area contributed by atoms with Gasteiger partial charge in [-0.2, -0.15) is 0 Å². The minimum Gasteiger partial charge on any atom is -0.389 e. The Morgan fingerprint density at radius 3 is 2.24 bits per heavy atom. The molecule has 94 valence electrons. The van der Waals surface area contributed by atoms with Crippen molar-refractivity contribution in [3.05, 3.63) is 33.8 Å². The van der Waals surface area contributed by atoms with E-state index in [1.807, 2.05) is 18.2 Å². The van der Waals surface area contributed by atoms with Crippen molar-refractivity contribution < 1.29 is 5.11 Å². The van der Waals surface area contributed by atoms with Crippen LogP contribution in [0.1, 0.15) is 38.7 Å². The number of halogens is 2. The van der Waals surface area contributed by atoms with Crippen LogP contribution in [0.25, 0.3) is 0 Å². The minimum absolute atomic E-state index is 0.0739. The number of aliphatic hydroxyl groups is 1. The summed E-state index contributed by atoms with van der Waals surface area (Å²) in [5.41, 5.74) is 0.102. The van der Waals surface area contributed by atoms with Crippen molar-refractivity contribution in [1.29, 1.82) is 0 Å². The van der Waals surface area contributed by atoms with Gasteiger partial charge in [0.15, 0.2) is 0 Å². The molecule has 0 aromatic heterocycles. The van der Waals surface area contributed by atoms with Gasteiger partial charge in [-0.25, -0.2) is 0 Å². The van der Waals surface area contributed by atoms with E-state index < -0.39 is 5.60 Å². The molecule has 0 bridgehead atoms. The average Bonchev–Trinajstić information content (AvgIpc) is 2.48. The van der Waals surface area contributed by atoms with Gasteiger partial charge in [-0.3, -0.25) is 0 Å². The third kappa shape index (κ3) is 2.33. The van der Waals surface area contributed by atoms with E-state index in [9.17, 15) is 5.11 Å². The van der Waals surface area contributed by atoms with Gasteiger partial charge in [0.25, 0.3) is 0 Å². The van der Waals surface area contributed by atoms with Crippen molar-refractivity contribution in [2.75, 3.05) is 0 Å². The molecule has 1 aliphatic carbocycles. The highest BCUT2D eigenvalue weighted by Crippen LogP contribution is 2.48. The third-order valence-corrected chi connectivity index (χ3v) is 4.89. The van der Waals surface area contributed by atoms with Gasteiger partial charge in [0, 0.05) is 16.5 Å². The summed E-state index contributed by atoms with van der Waals surface area (Å²) in [7, 11) is 0. The second-order valence-corrected chi connectivity index (χ2v) is 6.46. The van der Waals surface area contributed by atoms with E-state index in [0.717, 1.165) is 24.8 Å². The highest BCUT2D eigenvalue weighted by molar-refractivity contribution is 6.36. The molecule has 0 heterocycles. The van der Waals surface area contributed by atoms with Crippen molar-refractivity contribution in [2.24, 2.45) is 5.41 Å². The van der Waals surface area contributed by atoms with Crippen molar-refractivity contribution in [3.8, 4) is 0 Å². The zero-order chi connectivity index (χ0) is 12.7. The van der Waals surface area contributed by atoms with Crippen LogP contribution in [-0.4, -0.2) is 10.7 Å². The van der Waals surface area contributed by atoms with Crippen LogP contribution >= 0.6 is 23.2 Å². The lowest BCUT2D eigenvalue weighted by molar-refractivity contribution is -0.0419. The summed E-state index contributed by atoms with van der Waals surface area (Å²) in [6.45, 7) is 4.23. The van der Waals surface area contributed by atoms with Crippen LogP contribution in [0.5, 0.6) is 0 Å². The van der Waals surface area contributed by atoms with Gasteiger partial charge in [-0.15, -0.1) is 0 Å². The first-order chi connectivity index (χ1) is 7.86. The van der Waals surface area contributed by atoms with E-state index in [2.05, 4.69) is 13.8 Å². The molecule has 0 saturated heterocycles. The molecule has 0 spiro atoms. The largest absolute Gasteiger partial charge is 0.389 e. The third-order valence-electron chi connectivity index (χ3n) is 4.18. The van der Waals surface area contributed by atoms with Crippen molar-refractivity contribution in [1.82, 2.24) is 0 Å². The second kappa shape index (κ2) is 4.46. The van der Waals surface area contributed by atoms with Gasteiger partial charge >= 0.3 is 0 Å². The zero-order valence-corrected chi connectivity index (χ0v) is 11.8. The first-order valence-corrected chi connectivity index (χ1v) is 6.77. The molecular weight excluding hydrogens is 255 g/mol. The Morgan fingerprint density at radius 2 is 1.76 bits per heavy atom. The molecule has 1 atom stereocenters. The molecule has 1 saturated carbocycles. The highest BCUT2D eigenvalue weighted by Gasteiger charge is 2.47. The molecule has 1 N–H and O–H groups in total. The number of hydrogen-bond acceptors (Lipinski definition) is 1. The Balaban J connectivity index is 2.33. The molecule has 1 nitrogen and oxygen atoms in total. The van der Waals surface area contributed by atoms with Crippen molar-refractivity contribution in [3.63, 3.8) is 0 Å². The van der Waals surface area contributed by atoms with Gasteiger partial charge in [0.1, 0.15) is 0 Å². The predicted molar refractivity (Wildman–Crippen MR) is 72.7 cm³/mol.